The minimum Gasteiger partial charge on any atom is -0.458 e. The van der Waals surface area contributed by atoms with E-state index < -0.39 is 28.7 Å². The van der Waals surface area contributed by atoms with Crippen LogP contribution in [-0.4, -0.2) is 35.4 Å². The van der Waals surface area contributed by atoms with Crippen LogP contribution in [0.3, 0.4) is 0 Å². The zero-order chi connectivity index (χ0) is 22.0. The minimum atomic E-state index is -0.763. The van der Waals surface area contributed by atoms with Crippen molar-refractivity contribution in [3.05, 3.63) is 35.7 Å². The Labute approximate surface area is 176 Å². The lowest BCUT2D eigenvalue weighted by molar-refractivity contribution is -0.151. The van der Waals surface area contributed by atoms with E-state index in [0.717, 1.165) is 6.42 Å². The zero-order valence-electron chi connectivity index (χ0n) is 17.9. The molecule has 2 unspecified atom stereocenters. The van der Waals surface area contributed by atoms with Crippen molar-refractivity contribution in [1.29, 1.82) is 0 Å². The highest BCUT2D eigenvalue weighted by atomic mass is 19.1. The van der Waals surface area contributed by atoms with Crippen LogP contribution in [0.1, 0.15) is 40.5 Å². The van der Waals surface area contributed by atoms with Gasteiger partial charge >= 0.3 is 5.97 Å². The number of Topliss-reactive ketones (excluding diaryl/α,β-unsaturated/α-hetero) is 1. The molecule has 4 rings (SSSR count). The molecule has 2 saturated carbocycles. The molecular weight excluding hydrogens is 387 g/mol. The molecule has 0 amide bonds. The Balaban J connectivity index is 1.73. The third-order valence-electron chi connectivity index (χ3n) is 8.21. The lowest BCUT2D eigenvalue weighted by atomic mass is 9.48. The molecule has 5 nitrogen and oxygen atoms in total. The summed E-state index contributed by atoms with van der Waals surface area (Å²) in [5.74, 6) is -2.09. The Morgan fingerprint density at radius 2 is 2.03 bits per heavy atom. The number of halogens is 1. The van der Waals surface area contributed by atoms with Crippen molar-refractivity contribution in [2.75, 3.05) is 6.61 Å². The monoisotopic (exact) mass is 416 g/mol. The van der Waals surface area contributed by atoms with E-state index in [2.05, 4.69) is 0 Å². The molecule has 8 atom stereocenters. The molecule has 0 radical (unpaired) electrons. The highest BCUT2D eigenvalue weighted by Gasteiger charge is 2.64. The maximum Gasteiger partial charge on any atom is 0.303 e. The van der Waals surface area contributed by atoms with Crippen molar-refractivity contribution >= 4 is 17.5 Å². The fourth-order valence-corrected chi connectivity index (χ4v) is 7.18. The molecule has 0 bridgehead atoms. The van der Waals surface area contributed by atoms with E-state index in [1.54, 1.807) is 12.2 Å². The summed E-state index contributed by atoms with van der Waals surface area (Å²) in [7, 11) is 0. The quantitative estimate of drug-likeness (QED) is 0.714. The van der Waals surface area contributed by atoms with Crippen LogP contribution in [0.5, 0.6) is 0 Å². The lowest BCUT2D eigenvalue weighted by Gasteiger charge is -2.56. The Bertz CT molecular complexity index is 901. The van der Waals surface area contributed by atoms with Crippen LogP contribution in [-0.2, 0) is 19.1 Å². The van der Waals surface area contributed by atoms with Gasteiger partial charge < -0.3 is 9.84 Å². The van der Waals surface area contributed by atoms with Crippen molar-refractivity contribution in [2.45, 2.75) is 46.6 Å². The molecular formula is C24H29FO5. The molecule has 0 aliphatic heterocycles. The molecule has 162 valence electrons. The highest BCUT2D eigenvalue weighted by Crippen LogP contribution is 2.66. The number of esters is 1. The summed E-state index contributed by atoms with van der Waals surface area (Å²) in [6.07, 6.45) is 6.51. The predicted molar refractivity (Wildman–Crippen MR) is 108 cm³/mol. The fraction of sp³-hybridized carbons (Fsp3) is 0.625. The highest BCUT2D eigenvalue weighted by molar-refractivity contribution is 6.01. The summed E-state index contributed by atoms with van der Waals surface area (Å²) in [6, 6.07) is 0. The molecule has 2 fully saturated rings. The third-order valence-corrected chi connectivity index (χ3v) is 8.21. The van der Waals surface area contributed by atoms with Gasteiger partial charge in [0.15, 0.2) is 11.6 Å². The van der Waals surface area contributed by atoms with Crippen LogP contribution >= 0.6 is 0 Å². The average Bonchev–Trinajstić information content (AvgIpc) is 2.91. The number of carbonyl (C=O) groups excluding carboxylic acids is 3. The van der Waals surface area contributed by atoms with Gasteiger partial charge in [-0.3, -0.25) is 14.4 Å². The van der Waals surface area contributed by atoms with Gasteiger partial charge in [0.2, 0.25) is 0 Å². The topological polar surface area (TPSA) is 80.7 Å². The summed E-state index contributed by atoms with van der Waals surface area (Å²) in [5, 5.41) is 11.3. The zero-order valence-corrected chi connectivity index (χ0v) is 17.9. The van der Waals surface area contributed by atoms with Crippen molar-refractivity contribution in [1.82, 2.24) is 0 Å². The number of aliphatic hydroxyl groups is 1. The Morgan fingerprint density at radius 3 is 2.70 bits per heavy atom. The molecule has 4 aliphatic rings. The summed E-state index contributed by atoms with van der Waals surface area (Å²) in [5.41, 5.74) is -0.937. The first-order valence-electron chi connectivity index (χ1n) is 10.7. The summed E-state index contributed by atoms with van der Waals surface area (Å²) >= 11 is 0. The molecule has 0 aromatic rings. The number of carbonyl (C=O) groups is 3. The molecule has 6 heteroatoms. The SMILES string of the molecule is CC(=O)OCC(=O)[C@H]1C(C)C[C@H]2[C@@H]3C=C(F)C4=CC(=O)C=C[C@]4(C)[C@H]3C(O)C[C@]12C. The summed E-state index contributed by atoms with van der Waals surface area (Å²) in [6.45, 7) is 6.91. The van der Waals surface area contributed by atoms with E-state index in [4.69, 9.17) is 4.74 Å². The number of ketones is 2. The second-order valence-electron chi connectivity index (χ2n) is 10.0. The number of ether oxygens (including phenoxy) is 1. The van der Waals surface area contributed by atoms with Gasteiger partial charge in [0.1, 0.15) is 12.4 Å². The molecule has 0 saturated heterocycles. The first-order valence-corrected chi connectivity index (χ1v) is 10.7. The van der Waals surface area contributed by atoms with Crippen molar-refractivity contribution in [3.8, 4) is 0 Å². The number of fused-ring (bicyclic) bond motifs is 5. The van der Waals surface area contributed by atoms with Gasteiger partial charge in [-0.15, -0.1) is 0 Å². The number of hydrogen-bond acceptors (Lipinski definition) is 5. The normalized spacial score (nSPS) is 44.4. The Hall–Kier alpha value is -2.08. The van der Waals surface area contributed by atoms with E-state index in [9.17, 15) is 19.5 Å². The molecule has 1 N–H and O–H groups in total. The molecule has 0 spiro atoms. The third kappa shape index (κ3) is 2.95. The second-order valence-corrected chi connectivity index (χ2v) is 10.0. The van der Waals surface area contributed by atoms with Gasteiger partial charge in [-0.05, 0) is 54.2 Å². The van der Waals surface area contributed by atoms with Crippen LogP contribution in [0.2, 0.25) is 0 Å². The van der Waals surface area contributed by atoms with E-state index >= 15 is 4.39 Å². The first kappa shape index (κ1) is 21.2. The van der Waals surface area contributed by atoms with Crippen LogP contribution in [0.25, 0.3) is 0 Å². The van der Waals surface area contributed by atoms with Gasteiger partial charge in [-0.25, -0.2) is 4.39 Å². The number of allylic oxidation sites excluding steroid dienone is 6. The Morgan fingerprint density at radius 1 is 1.33 bits per heavy atom. The van der Waals surface area contributed by atoms with Crippen molar-refractivity contribution in [2.24, 2.45) is 40.4 Å². The second kappa shape index (κ2) is 6.98. The maximum atomic E-state index is 15.2. The Kier molecular flexibility index (Phi) is 4.92. The molecule has 0 aromatic heterocycles. The van der Waals surface area contributed by atoms with Crippen molar-refractivity contribution < 1.29 is 28.6 Å². The van der Waals surface area contributed by atoms with E-state index in [0.29, 0.717) is 12.0 Å². The first-order chi connectivity index (χ1) is 14.0. The fourth-order valence-electron chi connectivity index (χ4n) is 7.18. The number of aliphatic hydroxyl groups excluding tert-OH is 1. The largest absolute Gasteiger partial charge is 0.458 e. The van der Waals surface area contributed by atoms with Crippen LogP contribution < -0.4 is 0 Å². The van der Waals surface area contributed by atoms with Gasteiger partial charge in [0, 0.05) is 29.7 Å². The molecule has 0 aromatic carbocycles. The predicted octanol–water partition coefficient (Wildman–Crippen LogP) is 3.33. The molecule has 0 heterocycles. The van der Waals surface area contributed by atoms with Crippen LogP contribution in [0.15, 0.2) is 35.7 Å². The van der Waals surface area contributed by atoms with Crippen molar-refractivity contribution in [3.63, 3.8) is 0 Å². The number of rotatable bonds is 3. The van der Waals surface area contributed by atoms with Gasteiger partial charge in [-0.1, -0.05) is 26.8 Å². The van der Waals surface area contributed by atoms with Gasteiger partial charge in [-0.2, -0.15) is 0 Å². The summed E-state index contributed by atoms with van der Waals surface area (Å²) in [4.78, 5) is 36.0. The van der Waals surface area contributed by atoms with E-state index in [-0.39, 0.29) is 47.8 Å². The average molecular weight is 416 g/mol. The maximum absolute atomic E-state index is 15.2. The summed E-state index contributed by atoms with van der Waals surface area (Å²) < 4.78 is 20.1. The minimum absolute atomic E-state index is 0.0160. The van der Waals surface area contributed by atoms with E-state index in [1.165, 1.54) is 19.1 Å². The smallest absolute Gasteiger partial charge is 0.303 e. The number of hydrogen-bond donors (Lipinski definition) is 1. The van der Waals surface area contributed by atoms with Crippen LogP contribution in [0.4, 0.5) is 4.39 Å². The molecule has 30 heavy (non-hydrogen) atoms. The van der Waals surface area contributed by atoms with E-state index in [1.807, 2.05) is 20.8 Å². The van der Waals surface area contributed by atoms with Gasteiger partial charge in [0.25, 0.3) is 0 Å². The lowest BCUT2D eigenvalue weighted by Crippen LogP contribution is -2.55. The van der Waals surface area contributed by atoms with Crippen LogP contribution in [0, 0.1) is 40.4 Å². The molecule has 4 aliphatic carbocycles. The van der Waals surface area contributed by atoms with Gasteiger partial charge in [0.05, 0.1) is 6.10 Å². The standard InChI is InChI=1S/C24H29FO5/c1-12-7-16-15-9-18(25)17-8-14(27)5-6-23(17,3)22(15)19(28)10-24(16,4)21(12)20(29)11-30-13(2)26/h5-6,8-9,12,15-16,19,21-22,28H,7,10-11H2,1-4H3/t12?,15-,16-,19?,21+,22+,23-,24-/m0/s1.